The van der Waals surface area contributed by atoms with Gasteiger partial charge >= 0.3 is 0 Å². The van der Waals surface area contributed by atoms with E-state index in [2.05, 4.69) is 4.98 Å². The highest BCUT2D eigenvalue weighted by Crippen LogP contribution is 2.25. The van der Waals surface area contributed by atoms with Crippen molar-refractivity contribution < 1.29 is 9.66 Å². The van der Waals surface area contributed by atoms with Gasteiger partial charge in [-0.2, -0.15) is 0 Å². The van der Waals surface area contributed by atoms with Crippen LogP contribution in [0.3, 0.4) is 0 Å². The number of aromatic nitrogens is 1. The number of ether oxygens (including phenoxy) is 1. The zero-order valence-electron chi connectivity index (χ0n) is 10.2. The molecule has 2 aromatic carbocycles. The summed E-state index contributed by atoms with van der Waals surface area (Å²) in [7, 11) is 1.59. The monoisotopic (exact) mass is 254 g/mol. The lowest BCUT2D eigenvalue weighted by atomic mass is 10.1. The average Bonchev–Trinajstić information content (AvgIpc) is 2.43. The summed E-state index contributed by atoms with van der Waals surface area (Å²) in [5.74, 6) is 0.713. The van der Waals surface area contributed by atoms with Crippen LogP contribution in [0.2, 0.25) is 0 Å². The van der Waals surface area contributed by atoms with Crippen LogP contribution in [0.4, 0.5) is 5.69 Å². The number of rotatable bonds is 2. The lowest BCUT2D eigenvalue weighted by Crippen LogP contribution is -1.89. The third-order valence-electron chi connectivity index (χ3n) is 3.01. The van der Waals surface area contributed by atoms with Crippen LogP contribution in [0.15, 0.2) is 42.5 Å². The Labute approximate surface area is 108 Å². The maximum absolute atomic E-state index is 10.8. The van der Waals surface area contributed by atoms with E-state index in [0.29, 0.717) is 11.3 Å². The first kappa shape index (κ1) is 11.4. The Balaban J connectivity index is 2.29. The van der Waals surface area contributed by atoms with Crippen LogP contribution >= 0.6 is 0 Å². The van der Waals surface area contributed by atoms with E-state index in [0.717, 1.165) is 16.3 Å². The third-order valence-corrected chi connectivity index (χ3v) is 3.01. The molecule has 0 saturated heterocycles. The van der Waals surface area contributed by atoms with Crippen molar-refractivity contribution in [1.29, 1.82) is 0 Å². The number of hydrogen-bond donors (Lipinski definition) is 0. The number of benzene rings is 2. The minimum absolute atomic E-state index is 0.0437. The largest absolute Gasteiger partial charge is 0.497 e. The maximum Gasteiger partial charge on any atom is 0.271 e. The fourth-order valence-electron chi connectivity index (χ4n) is 2.03. The van der Waals surface area contributed by atoms with E-state index < -0.39 is 4.92 Å². The van der Waals surface area contributed by atoms with Crippen LogP contribution in [0, 0.1) is 10.1 Å². The molecular formula is C14H10N2O3. The average molecular weight is 254 g/mol. The summed E-state index contributed by atoms with van der Waals surface area (Å²) in [5, 5.41) is 12.6. The number of hydrogen-bond acceptors (Lipinski definition) is 4. The summed E-state index contributed by atoms with van der Waals surface area (Å²) in [6.45, 7) is 0. The molecule has 0 spiro atoms. The molecule has 3 rings (SSSR count). The molecule has 0 aliphatic heterocycles. The summed E-state index contributed by atoms with van der Waals surface area (Å²) >= 11 is 0. The van der Waals surface area contributed by atoms with Gasteiger partial charge in [-0.1, -0.05) is 0 Å². The molecule has 0 saturated carbocycles. The molecule has 0 radical (unpaired) electrons. The Morgan fingerprint density at radius 2 is 1.74 bits per heavy atom. The highest BCUT2D eigenvalue weighted by molar-refractivity contribution is 5.94. The smallest absolute Gasteiger partial charge is 0.271 e. The van der Waals surface area contributed by atoms with Gasteiger partial charge < -0.3 is 4.74 Å². The summed E-state index contributed by atoms with van der Waals surface area (Å²) in [6, 6.07) is 12.2. The Morgan fingerprint density at radius 3 is 2.42 bits per heavy atom. The molecule has 0 amide bonds. The second-order valence-electron chi connectivity index (χ2n) is 4.18. The van der Waals surface area contributed by atoms with Gasteiger partial charge in [-0.15, -0.1) is 0 Å². The van der Waals surface area contributed by atoms with Gasteiger partial charge in [-0.3, -0.25) is 10.1 Å². The standard InChI is InChI=1S/C14H10N2O3/c1-19-12-5-3-10-6-9-2-4-11(16(17)18)7-13(9)15-14(10)8-12/h2-8H,1H3. The molecule has 0 bridgehead atoms. The van der Waals surface area contributed by atoms with Crippen molar-refractivity contribution in [2.45, 2.75) is 0 Å². The Bertz CT molecular complexity index is 799. The van der Waals surface area contributed by atoms with Crippen LogP contribution in [-0.2, 0) is 0 Å². The molecular weight excluding hydrogens is 244 g/mol. The van der Waals surface area contributed by atoms with E-state index in [1.165, 1.54) is 12.1 Å². The minimum Gasteiger partial charge on any atom is -0.497 e. The van der Waals surface area contributed by atoms with Crippen molar-refractivity contribution in [1.82, 2.24) is 4.98 Å². The summed E-state index contributed by atoms with van der Waals surface area (Å²) < 4.78 is 5.15. The fraction of sp³-hybridized carbons (Fsp3) is 0.0714. The van der Waals surface area contributed by atoms with E-state index in [1.807, 2.05) is 24.3 Å². The normalized spacial score (nSPS) is 10.8. The topological polar surface area (TPSA) is 65.3 Å². The second-order valence-corrected chi connectivity index (χ2v) is 4.18. The van der Waals surface area contributed by atoms with E-state index in [9.17, 15) is 10.1 Å². The molecule has 3 aromatic rings. The van der Waals surface area contributed by atoms with E-state index in [4.69, 9.17) is 4.74 Å². The van der Waals surface area contributed by atoms with Crippen LogP contribution in [0.1, 0.15) is 0 Å². The van der Waals surface area contributed by atoms with Crippen molar-refractivity contribution in [2.75, 3.05) is 7.11 Å². The molecule has 0 N–H and O–H groups in total. The lowest BCUT2D eigenvalue weighted by molar-refractivity contribution is -0.384. The number of nitrogens with zero attached hydrogens (tertiary/aromatic N) is 2. The lowest BCUT2D eigenvalue weighted by Gasteiger charge is -2.04. The number of nitro groups is 1. The summed E-state index contributed by atoms with van der Waals surface area (Å²) in [6.07, 6.45) is 0. The van der Waals surface area contributed by atoms with Gasteiger partial charge in [0.1, 0.15) is 5.75 Å². The van der Waals surface area contributed by atoms with Gasteiger partial charge in [0, 0.05) is 29.0 Å². The van der Waals surface area contributed by atoms with Crippen molar-refractivity contribution in [2.24, 2.45) is 0 Å². The number of pyridine rings is 1. The van der Waals surface area contributed by atoms with E-state index in [1.54, 1.807) is 13.2 Å². The number of methoxy groups -OCH3 is 1. The summed E-state index contributed by atoms with van der Waals surface area (Å²) in [4.78, 5) is 14.8. The van der Waals surface area contributed by atoms with Crippen LogP contribution < -0.4 is 4.74 Å². The first-order valence-electron chi connectivity index (χ1n) is 5.70. The van der Waals surface area contributed by atoms with Crippen molar-refractivity contribution in [3.05, 3.63) is 52.6 Å². The highest BCUT2D eigenvalue weighted by Gasteiger charge is 2.08. The van der Waals surface area contributed by atoms with Gasteiger partial charge in [0.05, 0.1) is 23.1 Å². The molecule has 0 fully saturated rings. The zero-order chi connectivity index (χ0) is 13.4. The molecule has 5 heteroatoms. The third kappa shape index (κ3) is 1.95. The first-order chi connectivity index (χ1) is 9.17. The van der Waals surface area contributed by atoms with Gasteiger partial charge in [-0.05, 0) is 24.3 Å². The SMILES string of the molecule is COc1ccc2cc3ccc([N+](=O)[O-])cc3nc2c1. The first-order valence-corrected chi connectivity index (χ1v) is 5.70. The number of fused-ring (bicyclic) bond motifs is 2. The fourth-order valence-corrected chi connectivity index (χ4v) is 2.03. The minimum atomic E-state index is -0.420. The van der Waals surface area contributed by atoms with Crippen LogP contribution in [0.25, 0.3) is 21.8 Å². The van der Waals surface area contributed by atoms with E-state index in [-0.39, 0.29) is 5.69 Å². The Morgan fingerprint density at radius 1 is 1.05 bits per heavy atom. The quantitative estimate of drug-likeness (QED) is 0.400. The molecule has 0 aliphatic carbocycles. The van der Waals surface area contributed by atoms with Crippen molar-refractivity contribution >= 4 is 27.5 Å². The van der Waals surface area contributed by atoms with Crippen molar-refractivity contribution in [3.8, 4) is 5.75 Å². The Kier molecular flexibility index (Phi) is 2.52. The van der Waals surface area contributed by atoms with Crippen molar-refractivity contribution in [3.63, 3.8) is 0 Å². The molecule has 0 aliphatic rings. The molecule has 19 heavy (non-hydrogen) atoms. The zero-order valence-corrected chi connectivity index (χ0v) is 10.2. The molecule has 1 heterocycles. The summed E-state index contributed by atoms with van der Waals surface area (Å²) in [5.41, 5.74) is 1.41. The van der Waals surface area contributed by atoms with Crippen LogP contribution in [-0.4, -0.2) is 17.0 Å². The highest BCUT2D eigenvalue weighted by atomic mass is 16.6. The number of nitro benzene ring substituents is 1. The molecule has 0 atom stereocenters. The van der Waals surface area contributed by atoms with Gasteiger partial charge in [0.2, 0.25) is 0 Å². The van der Waals surface area contributed by atoms with Gasteiger partial charge in [0.25, 0.3) is 5.69 Å². The molecule has 5 nitrogen and oxygen atoms in total. The maximum atomic E-state index is 10.8. The predicted octanol–water partition coefficient (Wildman–Crippen LogP) is 3.30. The Hall–Kier alpha value is -2.69. The van der Waals surface area contributed by atoms with Gasteiger partial charge in [-0.25, -0.2) is 4.98 Å². The van der Waals surface area contributed by atoms with Crippen LogP contribution in [0.5, 0.6) is 5.75 Å². The second kappa shape index (κ2) is 4.20. The predicted molar refractivity (Wildman–Crippen MR) is 72.5 cm³/mol. The molecule has 0 unspecified atom stereocenters. The van der Waals surface area contributed by atoms with E-state index >= 15 is 0 Å². The van der Waals surface area contributed by atoms with Gasteiger partial charge in [0.15, 0.2) is 0 Å². The molecule has 1 aromatic heterocycles. The number of non-ortho nitro benzene ring substituents is 1. The molecule has 94 valence electrons.